The van der Waals surface area contributed by atoms with Crippen molar-refractivity contribution in [3.63, 3.8) is 0 Å². The number of alkyl halides is 7. The first-order chi connectivity index (χ1) is 11.8. The molecular formula is C17H10F7IN. The molecule has 1 unspecified atom stereocenters. The lowest BCUT2D eigenvalue weighted by Crippen LogP contribution is -2.65. The van der Waals surface area contributed by atoms with E-state index >= 15 is 4.39 Å². The van der Waals surface area contributed by atoms with E-state index in [0.717, 1.165) is 18.2 Å². The summed E-state index contributed by atoms with van der Waals surface area (Å²) in [6.07, 6.45) is -10.1. The molecule has 0 heterocycles. The van der Waals surface area contributed by atoms with Gasteiger partial charge in [-0.3, -0.25) is 0 Å². The van der Waals surface area contributed by atoms with Crippen molar-refractivity contribution in [3.8, 4) is 6.07 Å². The number of benzene rings is 1. The van der Waals surface area contributed by atoms with E-state index in [9.17, 15) is 31.6 Å². The van der Waals surface area contributed by atoms with Gasteiger partial charge < -0.3 is 0 Å². The number of rotatable bonds is 2. The SMILES string of the molecule is CC1=CC(c2ccccc2C#N)(C(F)(C(F)(F)F)C(F)(F)F)C=C(I)[CH]1. The third kappa shape index (κ3) is 3.02. The van der Waals surface area contributed by atoms with Crippen LogP contribution in [0.2, 0.25) is 0 Å². The van der Waals surface area contributed by atoms with E-state index in [1.165, 1.54) is 42.0 Å². The van der Waals surface area contributed by atoms with Gasteiger partial charge in [0.2, 0.25) is 0 Å². The molecule has 0 amide bonds. The molecule has 0 aliphatic heterocycles. The molecule has 139 valence electrons. The highest BCUT2D eigenvalue weighted by atomic mass is 127. The summed E-state index contributed by atoms with van der Waals surface area (Å²) < 4.78 is 96.6. The zero-order valence-corrected chi connectivity index (χ0v) is 15.2. The van der Waals surface area contributed by atoms with Crippen LogP contribution in [0.1, 0.15) is 18.1 Å². The van der Waals surface area contributed by atoms with Crippen LogP contribution in [0.4, 0.5) is 30.7 Å². The standard InChI is InChI=1S/C17H10F7IN/c1-10-6-12(25)8-14(7-10,13-5-3-2-4-11(13)9-26)15(18,16(19,20)21)17(22,23)24/h2-8H,1H3. The third-order valence-corrected chi connectivity index (χ3v) is 4.65. The smallest absolute Gasteiger partial charge is 0.222 e. The quantitative estimate of drug-likeness (QED) is 0.364. The van der Waals surface area contributed by atoms with Gasteiger partial charge in [0.15, 0.2) is 0 Å². The first-order valence-corrected chi connectivity index (χ1v) is 8.12. The maximum absolute atomic E-state index is 15.2. The van der Waals surface area contributed by atoms with Crippen molar-refractivity contribution in [3.05, 3.63) is 63.1 Å². The van der Waals surface area contributed by atoms with Gasteiger partial charge in [0.1, 0.15) is 0 Å². The second-order valence-corrected chi connectivity index (χ2v) is 6.99. The molecule has 0 N–H and O–H groups in total. The van der Waals surface area contributed by atoms with Gasteiger partial charge in [-0.2, -0.15) is 31.6 Å². The number of halogens is 8. The molecular weight excluding hydrogens is 478 g/mol. The molecule has 0 saturated carbocycles. The van der Waals surface area contributed by atoms with Crippen LogP contribution in [0.25, 0.3) is 0 Å². The minimum Gasteiger partial charge on any atom is -0.222 e. The van der Waals surface area contributed by atoms with E-state index in [-0.39, 0.29) is 9.15 Å². The molecule has 1 atom stereocenters. The molecule has 1 nitrogen and oxygen atoms in total. The maximum Gasteiger partial charge on any atom is 0.433 e. The Kier molecular flexibility index (Phi) is 5.22. The van der Waals surface area contributed by atoms with Gasteiger partial charge in [-0.15, -0.1) is 0 Å². The fourth-order valence-electron chi connectivity index (χ4n) is 3.03. The molecule has 1 aromatic rings. The number of nitriles is 1. The van der Waals surface area contributed by atoms with Crippen molar-refractivity contribution < 1.29 is 30.7 Å². The van der Waals surface area contributed by atoms with E-state index < -0.39 is 34.6 Å². The van der Waals surface area contributed by atoms with Crippen LogP contribution in [0.15, 0.2) is 45.6 Å². The fraction of sp³-hybridized carbons (Fsp3) is 0.294. The van der Waals surface area contributed by atoms with Crippen molar-refractivity contribution in [1.29, 1.82) is 5.26 Å². The van der Waals surface area contributed by atoms with Crippen LogP contribution in [0, 0.1) is 17.8 Å². The zero-order valence-electron chi connectivity index (χ0n) is 13.0. The van der Waals surface area contributed by atoms with Crippen molar-refractivity contribution in [2.24, 2.45) is 0 Å². The van der Waals surface area contributed by atoms with E-state index in [4.69, 9.17) is 0 Å². The topological polar surface area (TPSA) is 23.8 Å². The van der Waals surface area contributed by atoms with Gasteiger partial charge in [0.05, 0.1) is 17.0 Å². The lowest BCUT2D eigenvalue weighted by molar-refractivity contribution is -0.354. The predicted octanol–water partition coefficient (Wildman–Crippen LogP) is 6.11. The van der Waals surface area contributed by atoms with Crippen LogP contribution < -0.4 is 0 Å². The Morgan fingerprint density at radius 2 is 1.50 bits per heavy atom. The van der Waals surface area contributed by atoms with Crippen LogP contribution in [0.5, 0.6) is 0 Å². The van der Waals surface area contributed by atoms with Gasteiger partial charge in [0.25, 0.3) is 0 Å². The second-order valence-electron chi connectivity index (χ2n) is 5.74. The summed E-state index contributed by atoms with van der Waals surface area (Å²) in [6, 6.07) is 5.94. The number of hydrogen-bond acceptors (Lipinski definition) is 1. The Morgan fingerprint density at radius 3 is 1.96 bits per heavy atom. The summed E-state index contributed by atoms with van der Waals surface area (Å²) in [5.41, 5.74) is -10.1. The van der Waals surface area contributed by atoms with E-state index in [2.05, 4.69) is 0 Å². The van der Waals surface area contributed by atoms with Crippen molar-refractivity contribution in [2.75, 3.05) is 0 Å². The van der Waals surface area contributed by atoms with Crippen molar-refractivity contribution in [1.82, 2.24) is 0 Å². The minimum absolute atomic E-state index is 0.00846. The van der Waals surface area contributed by atoms with E-state index in [1.54, 1.807) is 6.07 Å². The molecule has 0 aromatic heterocycles. The third-order valence-electron chi connectivity index (χ3n) is 4.03. The minimum atomic E-state index is -6.28. The molecule has 26 heavy (non-hydrogen) atoms. The number of allylic oxidation sites excluding steroid dienone is 4. The molecule has 0 bridgehead atoms. The Labute approximate surface area is 158 Å². The average Bonchev–Trinajstić information content (AvgIpc) is 2.50. The molecule has 0 fully saturated rings. The first kappa shape index (κ1) is 20.7. The Balaban J connectivity index is 3.05. The van der Waals surface area contributed by atoms with Gasteiger partial charge in [-0.05, 0) is 44.7 Å². The Hall–Kier alpha value is -1.57. The maximum atomic E-state index is 15.2. The predicted molar refractivity (Wildman–Crippen MR) is 88.9 cm³/mol. The van der Waals surface area contributed by atoms with Gasteiger partial charge >= 0.3 is 18.0 Å². The van der Waals surface area contributed by atoms with Crippen LogP contribution >= 0.6 is 22.6 Å². The lowest BCUT2D eigenvalue weighted by Gasteiger charge is -2.45. The molecule has 2 rings (SSSR count). The molecule has 0 spiro atoms. The normalized spacial score (nSPS) is 21.7. The molecule has 1 aliphatic rings. The molecule has 1 radical (unpaired) electrons. The fourth-order valence-corrected chi connectivity index (χ4v) is 4.01. The van der Waals surface area contributed by atoms with E-state index in [0.29, 0.717) is 12.2 Å². The Morgan fingerprint density at radius 1 is 0.962 bits per heavy atom. The molecule has 1 aromatic carbocycles. The highest BCUT2D eigenvalue weighted by Crippen LogP contribution is 2.60. The van der Waals surface area contributed by atoms with E-state index in [1.807, 2.05) is 0 Å². The monoisotopic (exact) mass is 488 g/mol. The summed E-state index contributed by atoms with van der Waals surface area (Å²) in [7, 11) is 0. The molecule has 0 saturated heterocycles. The largest absolute Gasteiger partial charge is 0.433 e. The number of hydrogen-bond donors (Lipinski definition) is 0. The van der Waals surface area contributed by atoms with Crippen molar-refractivity contribution >= 4 is 22.6 Å². The summed E-state index contributed by atoms with van der Waals surface area (Å²) in [5, 5.41) is 9.18. The lowest BCUT2D eigenvalue weighted by atomic mass is 9.63. The highest BCUT2D eigenvalue weighted by molar-refractivity contribution is 14.1. The zero-order chi connectivity index (χ0) is 20.0. The van der Waals surface area contributed by atoms with Crippen LogP contribution in [-0.4, -0.2) is 18.0 Å². The second kappa shape index (κ2) is 6.55. The van der Waals surface area contributed by atoms with Crippen LogP contribution in [0.3, 0.4) is 0 Å². The van der Waals surface area contributed by atoms with Gasteiger partial charge in [-0.25, -0.2) is 4.39 Å². The van der Waals surface area contributed by atoms with Crippen molar-refractivity contribution in [2.45, 2.75) is 30.4 Å². The summed E-state index contributed by atoms with van der Waals surface area (Å²) in [5.74, 6) is 0. The van der Waals surface area contributed by atoms with Gasteiger partial charge in [-0.1, -0.05) is 35.9 Å². The average molecular weight is 488 g/mol. The summed E-state index contributed by atoms with van der Waals surface area (Å²) in [6.45, 7) is 1.27. The van der Waals surface area contributed by atoms with Crippen LogP contribution in [-0.2, 0) is 5.41 Å². The molecule has 9 heteroatoms. The Bertz CT molecular complexity index is 780. The number of nitrogens with zero attached hydrogens (tertiary/aromatic N) is 1. The van der Waals surface area contributed by atoms with Gasteiger partial charge in [0, 0.05) is 6.42 Å². The summed E-state index contributed by atoms with van der Waals surface area (Å²) >= 11 is 1.52. The first-order valence-electron chi connectivity index (χ1n) is 7.04. The highest BCUT2D eigenvalue weighted by Gasteiger charge is 2.81. The molecule has 1 aliphatic carbocycles. The summed E-state index contributed by atoms with van der Waals surface area (Å²) in [4.78, 5) is 0.